The SMILES string of the molecule is O=C(Nc1ccc(F)cc1)[C@@H]1Sc2nnc(-c3ccccc3)n2N[C@@H]1c1ccc(F)cc1. The van der Waals surface area contributed by atoms with Crippen molar-refractivity contribution in [2.45, 2.75) is 16.4 Å². The van der Waals surface area contributed by atoms with Crippen molar-refractivity contribution in [2.75, 3.05) is 10.7 Å². The molecule has 0 aliphatic carbocycles. The third-order valence-corrected chi connectivity index (χ3v) is 6.28. The fourth-order valence-corrected chi connectivity index (χ4v) is 4.58. The smallest absolute Gasteiger partial charge is 0.240 e. The highest BCUT2D eigenvalue weighted by atomic mass is 32.2. The van der Waals surface area contributed by atoms with Crippen LogP contribution in [0.3, 0.4) is 0 Å². The Morgan fingerprint density at radius 1 is 0.906 bits per heavy atom. The quantitative estimate of drug-likeness (QED) is 0.476. The lowest BCUT2D eigenvalue weighted by atomic mass is 10.0. The van der Waals surface area contributed by atoms with E-state index >= 15 is 0 Å². The number of hydrogen-bond acceptors (Lipinski definition) is 5. The Labute approximate surface area is 186 Å². The summed E-state index contributed by atoms with van der Waals surface area (Å²) < 4.78 is 28.5. The van der Waals surface area contributed by atoms with Crippen molar-refractivity contribution in [3.8, 4) is 11.4 Å². The molecule has 0 spiro atoms. The van der Waals surface area contributed by atoms with E-state index in [-0.39, 0.29) is 17.5 Å². The van der Waals surface area contributed by atoms with E-state index in [9.17, 15) is 13.6 Å². The Hall–Kier alpha value is -3.72. The Bertz CT molecular complexity index is 1250. The number of thioether (sulfide) groups is 1. The number of benzene rings is 3. The van der Waals surface area contributed by atoms with Crippen LogP contribution in [0.25, 0.3) is 11.4 Å². The molecule has 6 nitrogen and oxygen atoms in total. The van der Waals surface area contributed by atoms with Crippen molar-refractivity contribution >= 4 is 23.4 Å². The van der Waals surface area contributed by atoms with E-state index in [0.717, 1.165) is 11.1 Å². The zero-order valence-electron chi connectivity index (χ0n) is 16.6. The molecule has 5 rings (SSSR count). The summed E-state index contributed by atoms with van der Waals surface area (Å²) in [6, 6.07) is 20.6. The molecule has 0 fully saturated rings. The number of halogens is 2. The third kappa shape index (κ3) is 3.94. The summed E-state index contributed by atoms with van der Waals surface area (Å²) in [5, 5.41) is 11.3. The highest BCUT2D eigenvalue weighted by Gasteiger charge is 2.38. The first-order chi connectivity index (χ1) is 15.6. The van der Waals surface area contributed by atoms with Crippen molar-refractivity contribution in [3.05, 3.63) is 96.1 Å². The highest BCUT2D eigenvalue weighted by molar-refractivity contribution is 8.00. The van der Waals surface area contributed by atoms with Gasteiger partial charge in [0.25, 0.3) is 0 Å². The summed E-state index contributed by atoms with van der Waals surface area (Å²) in [4.78, 5) is 13.2. The van der Waals surface area contributed by atoms with Gasteiger partial charge in [-0.25, -0.2) is 13.5 Å². The number of carbonyl (C=O) groups is 1. The number of hydrogen-bond donors (Lipinski definition) is 2. The average Bonchev–Trinajstić information content (AvgIpc) is 3.24. The van der Waals surface area contributed by atoms with E-state index < -0.39 is 11.3 Å². The molecule has 0 unspecified atom stereocenters. The van der Waals surface area contributed by atoms with E-state index in [1.54, 1.807) is 16.8 Å². The number of anilines is 1. The van der Waals surface area contributed by atoms with Gasteiger partial charge in [-0.1, -0.05) is 54.2 Å². The van der Waals surface area contributed by atoms with Crippen LogP contribution in [0.5, 0.6) is 0 Å². The maximum Gasteiger partial charge on any atom is 0.240 e. The topological polar surface area (TPSA) is 71.8 Å². The fourth-order valence-electron chi connectivity index (χ4n) is 3.50. The largest absolute Gasteiger partial charge is 0.325 e. The first-order valence-corrected chi connectivity index (χ1v) is 10.7. The molecule has 160 valence electrons. The van der Waals surface area contributed by atoms with E-state index in [1.165, 1.54) is 48.2 Å². The molecule has 3 aromatic carbocycles. The number of carbonyl (C=O) groups excluding carboxylic acids is 1. The molecule has 2 heterocycles. The monoisotopic (exact) mass is 449 g/mol. The number of nitrogens with zero attached hydrogens (tertiary/aromatic N) is 3. The molecule has 1 amide bonds. The van der Waals surface area contributed by atoms with Gasteiger partial charge in [-0.15, -0.1) is 10.2 Å². The lowest BCUT2D eigenvalue weighted by Gasteiger charge is -2.33. The molecule has 32 heavy (non-hydrogen) atoms. The predicted molar refractivity (Wildman–Crippen MR) is 119 cm³/mol. The molecular formula is C23H17F2N5OS. The van der Waals surface area contributed by atoms with Crippen molar-refractivity contribution in [3.63, 3.8) is 0 Å². The van der Waals surface area contributed by atoms with Crippen molar-refractivity contribution in [2.24, 2.45) is 0 Å². The number of aromatic nitrogens is 3. The van der Waals surface area contributed by atoms with E-state index in [1.807, 2.05) is 30.3 Å². The van der Waals surface area contributed by atoms with Gasteiger partial charge in [-0.2, -0.15) is 0 Å². The van der Waals surface area contributed by atoms with Gasteiger partial charge in [0.2, 0.25) is 11.1 Å². The summed E-state index contributed by atoms with van der Waals surface area (Å²) in [7, 11) is 0. The second-order valence-corrected chi connectivity index (χ2v) is 8.31. The van der Waals surface area contributed by atoms with Crippen LogP contribution in [0.2, 0.25) is 0 Å². The van der Waals surface area contributed by atoms with Gasteiger partial charge in [-0.3, -0.25) is 4.79 Å². The minimum absolute atomic E-state index is 0.293. The first-order valence-electron chi connectivity index (χ1n) is 9.84. The van der Waals surface area contributed by atoms with E-state index in [2.05, 4.69) is 20.9 Å². The van der Waals surface area contributed by atoms with Crippen LogP contribution in [0.15, 0.2) is 84.0 Å². The van der Waals surface area contributed by atoms with Crippen LogP contribution in [-0.4, -0.2) is 26.0 Å². The number of amides is 1. The Balaban J connectivity index is 1.50. The van der Waals surface area contributed by atoms with Crippen LogP contribution in [0.1, 0.15) is 11.6 Å². The zero-order valence-corrected chi connectivity index (χ0v) is 17.4. The molecule has 0 radical (unpaired) electrons. The van der Waals surface area contributed by atoms with E-state index in [0.29, 0.717) is 16.7 Å². The Morgan fingerprint density at radius 3 is 2.25 bits per heavy atom. The normalized spacial score (nSPS) is 17.3. The maximum absolute atomic E-state index is 13.5. The van der Waals surface area contributed by atoms with Gasteiger partial charge in [0.15, 0.2) is 5.82 Å². The van der Waals surface area contributed by atoms with Crippen LogP contribution < -0.4 is 10.7 Å². The van der Waals surface area contributed by atoms with Crippen LogP contribution in [-0.2, 0) is 4.79 Å². The standard InChI is InChI=1S/C23H17F2N5OS/c24-16-8-6-14(7-9-16)19-20(22(31)26-18-12-10-17(25)11-13-18)32-23-28-27-21(30(23)29-19)15-4-2-1-3-5-15/h1-13,19-20,29H,(H,26,31)/t19-,20-/m1/s1. The van der Waals surface area contributed by atoms with Crippen LogP contribution >= 0.6 is 11.8 Å². The molecule has 0 saturated carbocycles. The molecule has 1 aliphatic rings. The third-order valence-electron chi connectivity index (χ3n) is 5.07. The lowest BCUT2D eigenvalue weighted by molar-refractivity contribution is -0.116. The van der Waals surface area contributed by atoms with Gasteiger partial charge >= 0.3 is 0 Å². The molecular weight excluding hydrogens is 432 g/mol. The van der Waals surface area contributed by atoms with Crippen molar-refractivity contribution in [1.82, 2.24) is 14.9 Å². The van der Waals surface area contributed by atoms with Gasteiger partial charge in [0.05, 0.1) is 6.04 Å². The molecule has 2 atom stereocenters. The van der Waals surface area contributed by atoms with Crippen LogP contribution in [0.4, 0.5) is 14.5 Å². The maximum atomic E-state index is 13.5. The molecule has 1 aromatic heterocycles. The summed E-state index contributed by atoms with van der Waals surface area (Å²) in [6.07, 6.45) is 0. The van der Waals surface area contributed by atoms with Crippen molar-refractivity contribution in [1.29, 1.82) is 0 Å². The molecule has 2 N–H and O–H groups in total. The second-order valence-electron chi connectivity index (χ2n) is 7.20. The Morgan fingerprint density at radius 2 is 1.56 bits per heavy atom. The molecule has 0 saturated heterocycles. The van der Waals surface area contributed by atoms with Gasteiger partial charge in [-0.05, 0) is 42.0 Å². The molecule has 1 aliphatic heterocycles. The predicted octanol–water partition coefficient (Wildman–Crippen LogP) is 4.62. The summed E-state index contributed by atoms with van der Waals surface area (Å²) in [5.41, 5.74) is 5.41. The van der Waals surface area contributed by atoms with Crippen molar-refractivity contribution < 1.29 is 13.6 Å². The molecule has 4 aromatic rings. The van der Waals surface area contributed by atoms with Crippen LogP contribution in [0, 0.1) is 11.6 Å². The summed E-state index contributed by atoms with van der Waals surface area (Å²) in [6.45, 7) is 0. The number of nitrogens with one attached hydrogen (secondary N) is 2. The number of fused-ring (bicyclic) bond motifs is 1. The zero-order chi connectivity index (χ0) is 22.1. The number of rotatable bonds is 4. The molecule has 9 heteroatoms. The Kier molecular flexibility index (Phi) is 5.32. The summed E-state index contributed by atoms with van der Waals surface area (Å²) in [5.74, 6) is -0.432. The van der Waals surface area contributed by atoms with E-state index in [4.69, 9.17) is 0 Å². The minimum atomic E-state index is -0.633. The lowest BCUT2D eigenvalue weighted by Crippen LogP contribution is -2.41. The fraction of sp³-hybridized carbons (Fsp3) is 0.0870. The minimum Gasteiger partial charge on any atom is -0.325 e. The van der Waals surface area contributed by atoms with Gasteiger partial charge in [0, 0.05) is 11.3 Å². The highest BCUT2D eigenvalue weighted by Crippen LogP contribution is 2.39. The first kappa shape index (κ1) is 20.2. The average molecular weight is 449 g/mol. The van der Waals surface area contributed by atoms with Gasteiger partial charge < -0.3 is 10.7 Å². The summed E-state index contributed by atoms with van der Waals surface area (Å²) >= 11 is 1.26. The molecule has 0 bridgehead atoms. The van der Waals surface area contributed by atoms with Gasteiger partial charge in [0.1, 0.15) is 16.9 Å². The second kappa shape index (κ2) is 8.43.